The summed E-state index contributed by atoms with van der Waals surface area (Å²) in [5.74, 6) is 0.365. The van der Waals surface area contributed by atoms with E-state index in [2.05, 4.69) is 17.6 Å². The number of hydrogen-bond donors (Lipinski definition) is 3. The fourth-order valence-corrected chi connectivity index (χ4v) is 1.63. The van der Waals surface area contributed by atoms with E-state index < -0.39 is 22.8 Å². The smallest absolute Gasteiger partial charge is 0.306 e. The van der Waals surface area contributed by atoms with Crippen molar-refractivity contribution < 1.29 is 15.1 Å². The molecule has 1 aromatic heterocycles. The first kappa shape index (κ1) is 14.4. The Labute approximate surface area is 108 Å². The van der Waals surface area contributed by atoms with Gasteiger partial charge in [-0.25, -0.2) is 4.98 Å². The Hall–Kier alpha value is -1.69. The predicted molar refractivity (Wildman–Crippen MR) is 65.0 cm³/mol. The third-order valence-electron chi connectivity index (χ3n) is 2.32. The SMILES string of the molecule is N#Cc1ncc(C(O)C(O)CCS)cc1[N+](=O)[O-]. The van der Waals surface area contributed by atoms with E-state index in [0.29, 0.717) is 5.75 Å². The minimum Gasteiger partial charge on any atom is -0.390 e. The average molecular weight is 269 g/mol. The van der Waals surface area contributed by atoms with Gasteiger partial charge < -0.3 is 10.2 Å². The van der Waals surface area contributed by atoms with Gasteiger partial charge in [-0.2, -0.15) is 17.9 Å². The maximum absolute atomic E-state index is 10.7. The van der Waals surface area contributed by atoms with Crippen LogP contribution >= 0.6 is 12.6 Å². The standard InChI is InChI=1S/C10H11N3O4S/c11-4-7-8(13(16)17)3-6(5-12-7)10(15)9(14)1-2-18/h3,5,9-10,14-15,18H,1-2H2. The van der Waals surface area contributed by atoms with Crippen LogP contribution in [0.3, 0.4) is 0 Å². The zero-order valence-electron chi connectivity index (χ0n) is 9.22. The highest BCUT2D eigenvalue weighted by Crippen LogP contribution is 2.24. The number of aliphatic hydroxyl groups excluding tert-OH is 2. The second-order valence-electron chi connectivity index (χ2n) is 3.53. The molecule has 0 saturated heterocycles. The van der Waals surface area contributed by atoms with Crippen molar-refractivity contribution in [3.8, 4) is 6.07 Å². The number of rotatable bonds is 5. The minimum atomic E-state index is -1.30. The maximum atomic E-state index is 10.7. The third kappa shape index (κ3) is 3.16. The van der Waals surface area contributed by atoms with Crippen molar-refractivity contribution in [3.63, 3.8) is 0 Å². The number of aliphatic hydroxyl groups is 2. The van der Waals surface area contributed by atoms with Crippen LogP contribution in [-0.4, -0.2) is 32.0 Å². The fraction of sp³-hybridized carbons (Fsp3) is 0.400. The quantitative estimate of drug-likeness (QED) is 0.408. The summed E-state index contributed by atoms with van der Waals surface area (Å²) in [6, 6.07) is 2.63. The molecule has 0 fully saturated rings. The molecular weight excluding hydrogens is 258 g/mol. The number of nitrogens with zero attached hydrogens (tertiary/aromatic N) is 3. The first-order valence-corrected chi connectivity index (χ1v) is 5.66. The Morgan fingerprint density at radius 2 is 2.28 bits per heavy atom. The lowest BCUT2D eigenvalue weighted by atomic mass is 10.0. The summed E-state index contributed by atoms with van der Waals surface area (Å²) in [5.41, 5.74) is -0.734. The van der Waals surface area contributed by atoms with Gasteiger partial charge in [0.05, 0.1) is 11.0 Å². The summed E-state index contributed by atoms with van der Waals surface area (Å²) in [7, 11) is 0. The van der Waals surface area contributed by atoms with Crippen molar-refractivity contribution in [1.82, 2.24) is 4.98 Å². The average Bonchev–Trinajstić information content (AvgIpc) is 2.37. The summed E-state index contributed by atoms with van der Waals surface area (Å²) in [4.78, 5) is 13.5. The number of hydrogen-bond acceptors (Lipinski definition) is 7. The molecule has 0 aromatic carbocycles. The second kappa shape index (κ2) is 6.30. The largest absolute Gasteiger partial charge is 0.390 e. The van der Waals surface area contributed by atoms with E-state index in [1.165, 1.54) is 0 Å². The van der Waals surface area contributed by atoms with Gasteiger partial charge in [-0.3, -0.25) is 10.1 Å². The molecule has 0 aliphatic carbocycles. The number of aromatic nitrogens is 1. The van der Waals surface area contributed by atoms with Gasteiger partial charge >= 0.3 is 5.69 Å². The van der Waals surface area contributed by atoms with Gasteiger partial charge in [-0.05, 0) is 12.2 Å². The van der Waals surface area contributed by atoms with Crippen molar-refractivity contribution in [2.24, 2.45) is 0 Å². The molecule has 0 radical (unpaired) electrons. The highest BCUT2D eigenvalue weighted by Gasteiger charge is 2.23. The van der Waals surface area contributed by atoms with Crippen LogP contribution in [0, 0.1) is 21.4 Å². The molecule has 96 valence electrons. The van der Waals surface area contributed by atoms with Crippen LogP contribution in [0.2, 0.25) is 0 Å². The van der Waals surface area contributed by atoms with Gasteiger partial charge in [0.25, 0.3) is 0 Å². The number of pyridine rings is 1. The van der Waals surface area contributed by atoms with Crippen LogP contribution in [0.1, 0.15) is 23.8 Å². The third-order valence-corrected chi connectivity index (χ3v) is 2.58. The Balaban J connectivity index is 3.09. The molecule has 1 aromatic rings. The molecule has 0 aliphatic rings. The van der Waals surface area contributed by atoms with Crippen molar-refractivity contribution in [3.05, 3.63) is 33.6 Å². The molecule has 0 saturated carbocycles. The molecule has 7 nitrogen and oxygen atoms in total. The highest BCUT2D eigenvalue weighted by atomic mass is 32.1. The molecule has 1 rings (SSSR count). The van der Waals surface area contributed by atoms with Crippen molar-refractivity contribution in [2.45, 2.75) is 18.6 Å². The topological polar surface area (TPSA) is 120 Å². The van der Waals surface area contributed by atoms with Crippen LogP contribution in [0.25, 0.3) is 0 Å². The molecule has 2 unspecified atom stereocenters. The Morgan fingerprint density at radius 1 is 1.61 bits per heavy atom. The van der Waals surface area contributed by atoms with E-state index >= 15 is 0 Å². The Morgan fingerprint density at radius 3 is 2.78 bits per heavy atom. The molecule has 0 amide bonds. The van der Waals surface area contributed by atoms with Gasteiger partial charge in [-0.15, -0.1) is 0 Å². The van der Waals surface area contributed by atoms with Crippen LogP contribution < -0.4 is 0 Å². The van der Waals surface area contributed by atoms with Crippen LogP contribution in [0.15, 0.2) is 12.3 Å². The normalized spacial score (nSPS) is 13.7. The van der Waals surface area contributed by atoms with Crippen LogP contribution in [-0.2, 0) is 0 Å². The lowest BCUT2D eigenvalue weighted by Gasteiger charge is -2.16. The van der Waals surface area contributed by atoms with E-state index in [4.69, 9.17) is 5.26 Å². The number of nitriles is 1. The van der Waals surface area contributed by atoms with Crippen molar-refractivity contribution >= 4 is 18.3 Å². The first-order valence-electron chi connectivity index (χ1n) is 5.02. The van der Waals surface area contributed by atoms with Gasteiger partial charge in [0.2, 0.25) is 5.69 Å². The molecule has 2 N–H and O–H groups in total. The van der Waals surface area contributed by atoms with Gasteiger partial charge in [0, 0.05) is 17.8 Å². The molecular formula is C10H11N3O4S. The number of nitro groups is 1. The highest BCUT2D eigenvalue weighted by molar-refractivity contribution is 7.80. The van der Waals surface area contributed by atoms with Crippen LogP contribution in [0.5, 0.6) is 0 Å². The molecule has 2 atom stereocenters. The Kier molecular flexibility index (Phi) is 5.03. The predicted octanol–water partition coefficient (Wildman–Crippen LogP) is 0.576. The van der Waals surface area contributed by atoms with E-state index in [9.17, 15) is 20.3 Å². The van der Waals surface area contributed by atoms with E-state index in [-0.39, 0.29) is 17.7 Å². The lowest BCUT2D eigenvalue weighted by Crippen LogP contribution is -2.19. The monoisotopic (exact) mass is 269 g/mol. The number of thiol groups is 1. The summed E-state index contributed by atoms with van der Waals surface area (Å²) in [6.07, 6.45) is -1.01. The van der Waals surface area contributed by atoms with Gasteiger partial charge in [0.15, 0.2) is 0 Å². The summed E-state index contributed by atoms with van der Waals surface area (Å²) in [5, 5.41) is 38.7. The van der Waals surface area contributed by atoms with E-state index in [0.717, 1.165) is 12.3 Å². The lowest BCUT2D eigenvalue weighted by molar-refractivity contribution is -0.385. The molecule has 0 bridgehead atoms. The minimum absolute atomic E-state index is 0.0926. The molecule has 8 heteroatoms. The molecule has 0 spiro atoms. The van der Waals surface area contributed by atoms with E-state index in [1.54, 1.807) is 6.07 Å². The summed E-state index contributed by atoms with van der Waals surface area (Å²) in [6.45, 7) is 0. The zero-order chi connectivity index (χ0) is 13.7. The van der Waals surface area contributed by atoms with Crippen molar-refractivity contribution in [2.75, 3.05) is 5.75 Å². The van der Waals surface area contributed by atoms with Gasteiger partial charge in [-0.1, -0.05) is 0 Å². The first-order chi connectivity index (χ1) is 8.51. The zero-order valence-corrected chi connectivity index (χ0v) is 10.1. The maximum Gasteiger partial charge on any atom is 0.306 e. The summed E-state index contributed by atoms with van der Waals surface area (Å²) < 4.78 is 0. The molecule has 18 heavy (non-hydrogen) atoms. The van der Waals surface area contributed by atoms with Crippen LogP contribution in [0.4, 0.5) is 5.69 Å². The Bertz CT molecular complexity index is 489. The van der Waals surface area contributed by atoms with E-state index in [1.807, 2.05) is 0 Å². The fourth-order valence-electron chi connectivity index (χ4n) is 1.37. The van der Waals surface area contributed by atoms with Crippen molar-refractivity contribution in [1.29, 1.82) is 5.26 Å². The molecule has 0 aliphatic heterocycles. The second-order valence-corrected chi connectivity index (χ2v) is 3.98. The van der Waals surface area contributed by atoms with Gasteiger partial charge in [0.1, 0.15) is 12.2 Å². The summed E-state index contributed by atoms with van der Waals surface area (Å²) >= 11 is 3.91. The molecule has 1 heterocycles.